The monoisotopic (exact) mass is 461 g/mol. The molecule has 1 aliphatic rings. The van der Waals surface area contributed by atoms with Crippen LogP contribution in [0.2, 0.25) is 0 Å². The summed E-state index contributed by atoms with van der Waals surface area (Å²) in [5, 5.41) is 4.99. The Morgan fingerprint density at radius 3 is 2.87 bits per heavy atom. The summed E-state index contributed by atoms with van der Waals surface area (Å²) in [5.41, 5.74) is 2.27. The van der Waals surface area contributed by atoms with Gasteiger partial charge in [-0.05, 0) is 48.1 Å². The van der Waals surface area contributed by atoms with Gasteiger partial charge >= 0.3 is 0 Å². The third-order valence-corrected chi connectivity index (χ3v) is 9.05. The van der Waals surface area contributed by atoms with Crippen molar-refractivity contribution >= 4 is 38.6 Å². The lowest BCUT2D eigenvalue weighted by Crippen LogP contribution is -2.35. The molecule has 0 bridgehead atoms. The van der Waals surface area contributed by atoms with Crippen LogP contribution in [0.3, 0.4) is 0 Å². The van der Waals surface area contributed by atoms with Crippen molar-refractivity contribution < 1.29 is 13.2 Å². The Bertz CT molecular complexity index is 1170. The van der Waals surface area contributed by atoms with E-state index in [1.54, 1.807) is 52.8 Å². The van der Waals surface area contributed by atoms with Crippen molar-refractivity contribution in [3.8, 4) is 0 Å². The van der Waals surface area contributed by atoms with Gasteiger partial charge in [-0.2, -0.15) is 4.31 Å². The number of sulfonamides is 1. The molecule has 1 aromatic carbocycles. The van der Waals surface area contributed by atoms with Gasteiger partial charge in [0, 0.05) is 36.0 Å². The highest BCUT2D eigenvalue weighted by Crippen LogP contribution is 2.28. The zero-order valence-corrected chi connectivity index (χ0v) is 19.3. The van der Waals surface area contributed by atoms with Crippen LogP contribution in [0.5, 0.6) is 0 Å². The average Bonchev–Trinajstić information content (AvgIpc) is 3.41. The van der Waals surface area contributed by atoms with E-state index in [2.05, 4.69) is 4.98 Å². The highest BCUT2D eigenvalue weighted by molar-refractivity contribution is 7.89. The van der Waals surface area contributed by atoms with Gasteiger partial charge in [0.05, 0.1) is 22.1 Å². The highest BCUT2D eigenvalue weighted by Gasteiger charge is 2.29. The third-order valence-electron chi connectivity index (χ3n) is 5.14. The standard InChI is InChI=1S/C21H23N3O3S3/c1-3-20-22-17(14-29-20)13-23(2)21(25)15-5-4-6-18(11-15)30(26,27)24-9-7-19-16(12-24)8-10-28-19/h4-6,8,10-11,14H,3,7,9,12-13H2,1-2H3. The Hall–Kier alpha value is -2.07. The Kier molecular flexibility index (Phi) is 6.06. The van der Waals surface area contributed by atoms with E-state index < -0.39 is 10.0 Å². The van der Waals surface area contributed by atoms with Gasteiger partial charge in [0.25, 0.3) is 5.91 Å². The van der Waals surface area contributed by atoms with E-state index in [0.717, 1.165) is 29.1 Å². The quantitative estimate of drug-likeness (QED) is 0.560. The second kappa shape index (κ2) is 8.58. The number of rotatable bonds is 6. The van der Waals surface area contributed by atoms with Crippen LogP contribution in [0.15, 0.2) is 46.0 Å². The van der Waals surface area contributed by atoms with Gasteiger partial charge in [-0.1, -0.05) is 13.0 Å². The van der Waals surface area contributed by atoms with Crippen LogP contribution in [0, 0.1) is 0 Å². The number of carbonyl (C=O) groups excluding carboxylic acids is 1. The van der Waals surface area contributed by atoms with Crippen LogP contribution in [-0.4, -0.2) is 42.1 Å². The lowest BCUT2D eigenvalue weighted by molar-refractivity contribution is 0.0783. The number of aryl methyl sites for hydroxylation is 1. The second-order valence-corrected chi connectivity index (χ2v) is 11.1. The normalized spacial score (nSPS) is 14.5. The van der Waals surface area contributed by atoms with Gasteiger partial charge in [-0.15, -0.1) is 22.7 Å². The van der Waals surface area contributed by atoms with E-state index in [4.69, 9.17) is 0 Å². The summed E-state index contributed by atoms with van der Waals surface area (Å²) in [6.07, 6.45) is 1.59. The number of hydrogen-bond acceptors (Lipinski definition) is 6. The molecule has 4 rings (SSSR count). The predicted molar refractivity (Wildman–Crippen MR) is 119 cm³/mol. The van der Waals surface area contributed by atoms with E-state index in [1.165, 1.54) is 15.2 Å². The third kappa shape index (κ3) is 4.20. The topological polar surface area (TPSA) is 70.6 Å². The Morgan fingerprint density at radius 2 is 2.10 bits per heavy atom. The van der Waals surface area contributed by atoms with E-state index in [0.29, 0.717) is 25.2 Å². The summed E-state index contributed by atoms with van der Waals surface area (Å²) in [5.74, 6) is -0.225. The summed E-state index contributed by atoms with van der Waals surface area (Å²) in [7, 11) is -1.96. The molecule has 0 N–H and O–H groups in total. The van der Waals surface area contributed by atoms with Crippen LogP contribution in [-0.2, 0) is 36.0 Å². The van der Waals surface area contributed by atoms with E-state index in [9.17, 15) is 13.2 Å². The molecule has 158 valence electrons. The van der Waals surface area contributed by atoms with Crippen LogP contribution >= 0.6 is 22.7 Å². The number of thiophene rings is 1. The number of hydrogen-bond donors (Lipinski definition) is 0. The van der Waals surface area contributed by atoms with Gasteiger partial charge in [-0.3, -0.25) is 4.79 Å². The van der Waals surface area contributed by atoms with Crippen molar-refractivity contribution in [2.75, 3.05) is 13.6 Å². The van der Waals surface area contributed by atoms with E-state index in [1.807, 2.05) is 23.8 Å². The Morgan fingerprint density at radius 1 is 1.27 bits per heavy atom. The Labute approximate surface area is 184 Å². The first-order valence-electron chi connectivity index (χ1n) is 9.72. The maximum Gasteiger partial charge on any atom is 0.253 e. The van der Waals surface area contributed by atoms with Crippen molar-refractivity contribution in [1.29, 1.82) is 0 Å². The van der Waals surface area contributed by atoms with Crippen LogP contribution in [0.25, 0.3) is 0 Å². The molecule has 0 radical (unpaired) electrons. The summed E-state index contributed by atoms with van der Waals surface area (Å²) in [6.45, 7) is 3.27. The zero-order valence-electron chi connectivity index (χ0n) is 16.9. The number of aromatic nitrogens is 1. The van der Waals surface area contributed by atoms with Gasteiger partial charge in [0.15, 0.2) is 0 Å². The molecule has 9 heteroatoms. The molecule has 30 heavy (non-hydrogen) atoms. The maximum atomic E-state index is 13.2. The molecular formula is C21H23N3O3S3. The smallest absolute Gasteiger partial charge is 0.253 e. The molecule has 3 aromatic rings. The van der Waals surface area contributed by atoms with Crippen LogP contribution in [0.1, 0.15) is 38.4 Å². The van der Waals surface area contributed by atoms with E-state index in [-0.39, 0.29) is 10.8 Å². The van der Waals surface area contributed by atoms with Gasteiger partial charge in [0.2, 0.25) is 10.0 Å². The van der Waals surface area contributed by atoms with Crippen LogP contribution in [0.4, 0.5) is 0 Å². The summed E-state index contributed by atoms with van der Waals surface area (Å²) in [6, 6.07) is 8.31. The molecule has 0 unspecified atom stereocenters. The number of amides is 1. The van der Waals surface area contributed by atoms with Crippen molar-refractivity contribution in [3.05, 3.63) is 67.8 Å². The SMILES string of the molecule is CCc1nc(CN(C)C(=O)c2cccc(S(=O)(=O)N3CCc4sccc4C3)c2)cs1. The first-order chi connectivity index (χ1) is 14.4. The number of carbonyl (C=O) groups is 1. The molecule has 2 aromatic heterocycles. The lowest BCUT2D eigenvalue weighted by atomic mass is 10.1. The molecule has 1 amide bonds. The molecule has 0 atom stereocenters. The summed E-state index contributed by atoms with van der Waals surface area (Å²) in [4.78, 5) is 20.4. The predicted octanol–water partition coefficient (Wildman–Crippen LogP) is 3.79. The van der Waals surface area contributed by atoms with E-state index >= 15 is 0 Å². The first kappa shape index (κ1) is 21.2. The number of thiazole rings is 1. The molecule has 3 heterocycles. The van der Waals surface area contributed by atoms with Crippen molar-refractivity contribution in [2.45, 2.75) is 37.8 Å². The lowest BCUT2D eigenvalue weighted by Gasteiger charge is -2.26. The molecule has 6 nitrogen and oxygen atoms in total. The molecular weight excluding hydrogens is 438 g/mol. The molecule has 0 saturated carbocycles. The molecule has 1 aliphatic heterocycles. The van der Waals surface area contributed by atoms with Gasteiger partial charge in [-0.25, -0.2) is 13.4 Å². The summed E-state index contributed by atoms with van der Waals surface area (Å²) < 4.78 is 27.9. The number of nitrogens with zero attached hydrogens (tertiary/aromatic N) is 3. The molecule has 0 aliphatic carbocycles. The van der Waals surface area contributed by atoms with Crippen molar-refractivity contribution in [3.63, 3.8) is 0 Å². The fourth-order valence-electron chi connectivity index (χ4n) is 3.49. The minimum absolute atomic E-state index is 0.155. The molecule has 0 fully saturated rings. The minimum atomic E-state index is -3.67. The first-order valence-corrected chi connectivity index (χ1v) is 12.9. The Balaban J connectivity index is 1.52. The maximum absolute atomic E-state index is 13.2. The average molecular weight is 462 g/mol. The second-order valence-electron chi connectivity index (χ2n) is 7.23. The number of fused-ring (bicyclic) bond motifs is 1. The van der Waals surface area contributed by atoms with Gasteiger partial charge < -0.3 is 4.90 Å². The van der Waals surface area contributed by atoms with Crippen molar-refractivity contribution in [2.24, 2.45) is 0 Å². The summed E-state index contributed by atoms with van der Waals surface area (Å²) >= 11 is 3.25. The fraction of sp³-hybridized carbons (Fsp3) is 0.333. The zero-order chi connectivity index (χ0) is 21.3. The number of benzene rings is 1. The highest BCUT2D eigenvalue weighted by atomic mass is 32.2. The molecule has 0 spiro atoms. The van der Waals surface area contributed by atoms with Gasteiger partial charge in [0.1, 0.15) is 0 Å². The fourth-order valence-corrected chi connectivity index (χ4v) is 6.58. The minimum Gasteiger partial charge on any atom is -0.336 e. The largest absolute Gasteiger partial charge is 0.336 e. The van der Waals surface area contributed by atoms with Crippen molar-refractivity contribution in [1.82, 2.24) is 14.2 Å². The van der Waals surface area contributed by atoms with Crippen LogP contribution < -0.4 is 0 Å². The molecule has 0 saturated heterocycles.